The van der Waals surface area contributed by atoms with Gasteiger partial charge in [-0.15, -0.1) is 0 Å². The normalized spacial score (nSPS) is 19.4. The molecule has 1 aromatic rings. The lowest BCUT2D eigenvalue weighted by atomic mass is 9.85. The van der Waals surface area contributed by atoms with Crippen LogP contribution in [0.15, 0.2) is 18.2 Å². The van der Waals surface area contributed by atoms with Gasteiger partial charge in [-0.1, -0.05) is 12.1 Å². The Morgan fingerprint density at radius 2 is 1.84 bits per heavy atom. The van der Waals surface area contributed by atoms with Gasteiger partial charge in [-0.05, 0) is 37.6 Å². The molecular weight excluding hydrogens is 262 g/mol. The monoisotopic (exact) mass is 277 g/mol. The van der Waals surface area contributed by atoms with Crippen LogP contribution in [0.2, 0.25) is 0 Å². The molecule has 106 valence electrons. The molecule has 2 N–H and O–H groups in total. The summed E-state index contributed by atoms with van der Waals surface area (Å²) >= 11 is 0. The number of aliphatic hydroxyl groups is 1. The third kappa shape index (κ3) is 3.25. The van der Waals surface area contributed by atoms with Crippen LogP contribution in [0, 0.1) is 5.82 Å². The zero-order valence-electron chi connectivity index (χ0n) is 10.2. The Morgan fingerprint density at radius 3 is 2.42 bits per heavy atom. The summed E-state index contributed by atoms with van der Waals surface area (Å²) < 4.78 is 51.6. The van der Waals surface area contributed by atoms with Gasteiger partial charge in [0.1, 0.15) is 5.82 Å². The molecule has 0 spiro atoms. The molecule has 0 amide bonds. The second-order valence-electron chi connectivity index (χ2n) is 4.93. The average Bonchev–Trinajstić information content (AvgIpc) is 2.31. The van der Waals surface area contributed by atoms with Gasteiger partial charge in [0.2, 0.25) is 0 Å². The lowest BCUT2D eigenvalue weighted by Gasteiger charge is -2.33. The Labute approximate surface area is 108 Å². The maximum atomic E-state index is 13.8. The van der Waals surface area contributed by atoms with E-state index in [-0.39, 0.29) is 12.0 Å². The molecule has 1 heterocycles. The number of alkyl halides is 3. The molecule has 2 rings (SSSR count). The van der Waals surface area contributed by atoms with Crippen molar-refractivity contribution in [1.29, 1.82) is 0 Å². The van der Waals surface area contributed by atoms with Gasteiger partial charge in [0.05, 0.1) is 11.2 Å². The number of rotatable bonds is 2. The van der Waals surface area contributed by atoms with E-state index in [1.54, 1.807) is 0 Å². The maximum Gasteiger partial charge on any atom is 0.419 e. The van der Waals surface area contributed by atoms with Crippen LogP contribution in [0.3, 0.4) is 0 Å². The standard InChI is InChI=1S/C13H15F4NO/c14-11-9(2-1-3-10(11)13(15,16)17)8-12(19)4-6-18-7-5-12/h1-3,18-19H,4-8H2. The molecule has 1 fully saturated rings. The Bertz CT molecular complexity index is 452. The Kier molecular flexibility index (Phi) is 3.82. The van der Waals surface area contributed by atoms with Crippen molar-refractivity contribution in [3.8, 4) is 0 Å². The molecule has 1 aromatic carbocycles. The van der Waals surface area contributed by atoms with Crippen LogP contribution in [0.4, 0.5) is 17.6 Å². The molecule has 0 saturated carbocycles. The molecular formula is C13H15F4NO. The van der Waals surface area contributed by atoms with E-state index in [2.05, 4.69) is 5.32 Å². The fourth-order valence-electron chi connectivity index (χ4n) is 2.36. The predicted molar refractivity (Wildman–Crippen MR) is 62.2 cm³/mol. The lowest BCUT2D eigenvalue weighted by Crippen LogP contribution is -2.43. The Balaban J connectivity index is 2.26. The molecule has 1 aliphatic heterocycles. The summed E-state index contributed by atoms with van der Waals surface area (Å²) in [4.78, 5) is 0. The van der Waals surface area contributed by atoms with Gasteiger partial charge in [0.25, 0.3) is 0 Å². The van der Waals surface area contributed by atoms with Crippen molar-refractivity contribution in [1.82, 2.24) is 5.32 Å². The molecule has 0 radical (unpaired) electrons. The maximum absolute atomic E-state index is 13.8. The number of benzene rings is 1. The van der Waals surface area contributed by atoms with E-state index in [0.717, 1.165) is 0 Å². The summed E-state index contributed by atoms with van der Waals surface area (Å²) in [5, 5.41) is 13.3. The van der Waals surface area contributed by atoms with Crippen LogP contribution in [0.5, 0.6) is 0 Å². The largest absolute Gasteiger partial charge is 0.419 e. The van der Waals surface area contributed by atoms with Crippen LogP contribution in [0.25, 0.3) is 0 Å². The molecule has 0 atom stereocenters. The summed E-state index contributed by atoms with van der Waals surface area (Å²) in [5.74, 6) is -1.28. The van der Waals surface area contributed by atoms with Crippen LogP contribution in [-0.4, -0.2) is 23.8 Å². The molecule has 6 heteroatoms. The Hall–Kier alpha value is -1.14. The fourth-order valence-corrected chi connectivity index (χ4v) is 2.36. The minimum Gasteiger partial charge on any atom is -0.389 e. The second-order valence-corrected chi connectivity index (χ2v) is 4.93. The fraction of sp³-hybridized carbons (Fsp3) is 0.538. The molecule has 19 heavy (non-hydrogen) atoms. The molecule has 1 saturated heterocycles. The Morgan fingerprint density at radius 1 is 1.21 bits per heavy atom. The van der Waals surface area contributed by atoms with Gasteiger partial charge >= 0.3 is 6.18 Å². The highest BCUT2D eigenvalue weighted by Gasteiger charge is 2.36. The van der Waals surface area contributed by atoms with Crippen molar-refractivity contribution in [2.75, 3.05) is 13.1 Å². The molecule has 0 unspecified atom stereocenters. The smallest absolute Gasteiger partial charge is 0.389 e. The zero-order chi connectivity index (χ0) is 14.1. The van der Waals surface area contributed by atoms with E-state index in [0.29, 0.717) is 32.0 Å². The highest BCUT2D eigenvalue weighted by atomic mass is 19.4. The number of nitrogens with one attached hydrogen (secondary N) is 1. The highest BCUT2D eigenvalue weighted by Crippen LogP contribution is 2.34. The van der Waals surface area contributed by atoms with Gasteiger partial charge < -0.3 is 10.4 Å². The SMILES string of the molecule is OC1(Cc2cccc(C(F)(F)F)c2F)CCNCC1. The minimum atomic E-state index is -4.71. The molecule has 0 aromatic heterocycles. The molecule has 0 bridgehead atoms. The van der Waals surface area contributed by atoms with Crippen molar-refractivity contribution in [2.45, 2.75) is 31.0 Å². The first-order chi connectivity index (χ1) is 8.82. The van der Waals surface area contributed by atoms with Gasteiger partial charge in [-0.25, -0.2) is 4.39 Å². The van der Waals surface area contributed by atoms with Gasteiger partial charge in [-0.2, -0.15) is 13.2 Å². The minimum absolute atomic E-state index is 0.0841. The van der Waals surface area contributed by atoms with E-state index < -0.39 is 23.2 Å². The first-order valence-electron chi connectivity index (χ1n) is 6.09. The van der Waals surface area contributed by atoms with Crippen molar-refractivity contribution >= 4 is 0 Å². The number of piperidine rings is 1. The lowest BCUT2D eigenvalue weighted by molar-refractivity contribution is -0.140. The van der Waals surface area contributed by atoms with Crippen LogP contribution in [-0.2, 0) is 12.6 Å². The van der Waals surface area contributed by atoms with Gasteiger partial charge in [0, 0.05) is 6.42 Å². The van der Waals surface area contributed by atoms with Crippen LogP contribution >= 0.6 is 0 Å². The summed E-state index contributed by atoms with van der Waals surface area (Å²) in [6.45, 7) is 1.16. The summed E-state index contributed by atoms with van der Waals surface area (Å²) in [7, 11) is 0. The van der Waals surface area contributed by atoms with Crippen molar-refractivity contribution in [3.63, 3.8) is 0 Å². The quantitative estimate of drug-likeness (QED) is 0.814. The molecule has 0 aliphatic carbocycles. The van der Waals surface area contributed by atoms with E-state index in [9.17, 15) is 22.7 Å². The van der Waals surface area contributed by atoms with Crippen molar-refractivity contribution in [3.05, 3.63) is 35.1 Å². The number of hydrogen-bond donors (Lipinski definition) is 2. The number of halogens is 4. The predicted octanol–water partition coefficient (Wildman–Crippen LogP) is 2.50. The summed E-state index contributed by atoms with van der Waals surface area (Å²) in [6, 6.07) is 3.18. The molecule has 1 aliphatic rings. The third-order valence-corrected chi connectivity index (χ3v) is 3.44. The first kappa shape index (κ1) is 14.3. The van der Waals surface area contributed by atoms with E-state index >= 15 is 0 Å². The van der Waals surface area contributed by atoms with E-state index in [1.807, 2.05) is 0 Å². The van der Waals surface area contributed by atoms with Crippen molar-refractivity contribution in [2.24, 2.45) is 0 Å². The highest BCUT2D eigenvalue weighted by molar-refractivity contribution is 5.29. The van der Waals surface area contributed by atoms with E-state index in [4.69, 9.17) is 0 Å². The van der Waals surface area contributed by atoms with Gasteiger partial charge in [0.15, 0.2) is 0 Å². The van der Waals surface area contributed by atoms with Crippen LogP contribution < -0.4 is 5.32 Å². The average molecular weight is 277 g/mol. The number of hydrogen-bond acceptors (Lipinski definition) is 2. The first-order valence-corrected chi connectivity index (χ1v) is 6.09. The van der Waals surface area contributed by atoms with E-state index in [1.165, 1.54) is 12.1 Å². The summed E-state index contributed by atoms with van der Waals surface area (Å²) in [6.07, 6.45) is -3.99. The zero-order valence-corrected chi connectivity index (χ0v) is 10.2. The van der Waals surface area contributed by atoms with Crippen molar-refractivity contribution < 1.29 is 22.7 Å². The van der Waals surface area contributed by atoms with Gasteiger partial charge in [-0.3, -0.25) is 0 Å². The summed E-state index contributed by atoms with van der Waals surface area (Å²) in [5.41, 5.74) is -2.49. The second kappa shape index (κ2) is 5.09. The topological polar surface area (TPSA) is 32.3 Å². The third-order valence-electron chi connectivity index (χ3n) is 3.44. The molecule has 2 nitrogen and oxygen atoms in total. The van der Waals surface area contributed by atoms with Crippen LogP contribution in [0.1, 0.15) is 24.0 Å².